The van der Waals surface area contributed by atoms with Crippen LogP contribution in [-0.2, 0) is 16.0 Å². The van der Waals surface area contributed by atoms with Crippen LogP contribution in [0.3, 0.4) is 0 Å². The maximum absolute atomic E-state index is 12.4. The molecule has 1 fully saturated rings. The van der Waals surface area contributed by atoms with E-state index in [1.807, 2.05) is 20.8 Å². The Morgan fingerprint density at radius 3 is 2.03 bits per heavy atom. The fourth-order valence-corrected chi connectivity index (χ4v) is 3.94. The first-order valence-electron chi connectivity index (χ1n) is 11.5. The van der Waals surface area contributed by atoms with Gasteiger partial charge in [0.2, 0.25) is 0 Å². The molecule has 0 radical (unpaired) electrons. The highest BCUT2D eigenvalue weighted by Crippen LogP contribution is 2.14. The van der Waals surface area contributed by atoms with Crippen LogP contribution in [0.5, 0.6) is 0 Å². The van der Waals surface area contributed by atoms with E-state index in [0.29, 0.717) is 25.6 Å². The second kappa shape index (κ2) is 11.5. The van der Waals surface area contributed by atoms with Crippen molar-refractivity contribution in [1.82, 2.24) is 10.6 Å². The van der Waals surface area contributed by atoms with E-state index in [1.165, 1.54) is 20.9 Å². The summed E-state index contributed by atoms with van der Waals surface area (Å²) in [5.41, 5.74) is 2.42. The van der Waals surface area contributed by atoms with Crippen LogP contribution in [0.4, 0.5) is 0 Å². The van der Waals surface area contributed by atoms with Crippen molar-refractivity contribution < 1.29 is 19.4 Å². The Kier molecular flexibility index (Phi) is 9.31. The molecule has 4 N–H and O–H groups in total. The van der Waals surface area contributed by atoms with Gasteiger partial charge in [0.15, 0.2) is 13.1 Å². The second-order valence-electron chi connectivity index (χ2n) is 10.0. The summed E-state index contributed by atoms with van der Waals surface area (Å²) in [7, 11) is 0. The minimum Gasteiger partial charge on any atom is -0.351 e. The van der Waals surface area contributed by atoms with Crippen molar-refractivity contribution in [3.05, 3.63) is 35.4 Å². The van der Waals surface area contributed by atoms with Crippen LogP contribution >= 0.6 is 0 Å². The largest absolute Gasteiger partial charge is 0.351 e. The first-order valence-corrected chi connectivity index (χ1v) is 11.5. The van der Waals surface area contributed by atoms with Gasteiger partial charge in [0.05, 0.1) is 13.1 Å². The number of benzene rings is 1. The van der Waals surface area contributed by atoms with Crippen LogP contribution in [0, 0.1) is 0 Å². The summed E-state index contributed by atoms with van der Waals surface area (Å²) >= 11 is 0. The van der Waals surface area contributed by atoms with Gasteiger partial charge in [-0.1, -0.05) is 38.1 Å². The lowest BCUT2D eigenvalue weighted by atomic mass is 10.0. The third-order valence-electron chi connectivity index (χ3n) is 5.61. The Balaban J connectivity index is 1.67. The van der Waals surface area contributed by atoms with Crippen molar-refractivity contribution >= 4 is 11.8 Å². The predicted molar refractivity (Wildman–Crippen MR) is 121 cm³/mol. The summed E-state index contributed by atoms with van der Waals surface area (Å²) in [6.45, 7) is 16.0. The highest BCUT2D eigenvalue weighted by molar-refractivity contribution is 5.77. The van der Waals surface area contributed by atoms with Crippen molar-refractivity contribution in [1.29, 1.82) is 0 Å². The summed E-state index contributed by atoms with van der Waals surface area (Å²) in [4.78, 5) is 27.2. The molecule has 1 aromatic carbocycles. The van der Waals surface area contributed by atoms with Crippen LogP contribution in [0.2, 0.25) is 0 Å². The Labute approximate surface area is 182 Å². The molecule has 0 aliphatic carbocycles. The van der Waals surface area contributed by atoms with Gasteiger partial charge in [0.25, 0.3) is 11.8 Å². The molecule has 1 aromatic rings. The summed E-state index contributed by atoms with van der Waals surface area (Å²) in [5, 5.41) is 6.12. The number of rotatable bonds is 8. The third-order valence-corrected chi connectivity index (χ3v) is 5.61. The van der Waals surface area contributed by atoms with Crippen LogP contribution < -0.4 is 20.4 Å². The first-order chi connectivity index (χ1) is 14.1. The molecule has 0 bridgehead atoms. The maximum atomic E-state index is 12.4. The Bertz CT molecular complexity index is 679. The van der Waals surface area contributed by atoms with E-state index in [1.54, 1.807) is 0 Å². The number of hydrogen-bond acceptors (Lipinski definition) is 2. The molecule has 0 spiro atoms. The third kappa shape index (κ3) is 9.26. The zero-order valence-electron chi connectivity index (χ0n) is 19.6. The predicted octanol–water partition coefficient (Wildman–Crippen LogP) is -0.443. The molecular weight excluding hydrogens is 376 g/mol. The van der Waals surface area contributed by atoms with Crippen LogP contribution in [0.25, 0.3) is 0 Å². The zero-order valence-corrected chi connectivity index (χ0v) is 19.6. The minimum atomic E-state index is -0.186. The number of hydrogen-bond donors (Lipinski definition) is 4. The maximum Gasteiger partial charge on any atom is 0.275 e. The quantitative estimate of drug-likeness (QED) is 0.462. The second-order valence-corrected chi connectivity index (χ2v) is 10.0. The normalized spacial score (nSPS) is 19.9. The molecule has 2 rings (SSSR count). The van der Waals surface area contributed by atoms with E-state index in [4.69, 9.17) is 0 Å². The zero-order chi connectivity index (χ0) is 22.1. The number of carbonyl (C=O) groups is 2. The van der Waals surface area contributed by atoms with Gasteiger partial charge in [-0.3, -0.25) is 9.59 Å². The topological polar surface area (TPSA) is 67.1 Å². The Morgan fingerprint density at radius 2 is 1.50 bits per heavy atom. The monoisotopic (exact) mass is 418 g/mol. The van der Waals surface area contributed by atoms with Crippen LogP contribution in [0.15, 0.2) is 24.3 Å². The lowest BCUT2D eigenvalue weighted by Gasteiger charge is -2.22. The van der Waals surface area contributed by atoms with Crippen molar-refractivity contribution in [2.24, 2.45) is 0 Å². The van der Waals surface area contributed by atoms with E-state index >= 15 is 0 Å². The van der Waals surface area contributed by atoms with Gasteiger partial charge in [-0.05, 0) is 44.2 Å². The first kappa shape index (κ1) is 24.4. The van der Waals surface area contributed by atoms with E-state index in [0.717, 1.165) is 39.0 Å². The number of carbonyl (C=O) groups excluding carboxylic acids is 2. The highest BCUT2D eigenvalue weighted by atomic mass is 16.2. The van der Waals surface area contributed by atoms with Crippen LogP contribution in [0.1, 0.15) is 58.1 Å². The molecule has 0 aromatic heterocycles. The molecule has 1 saturated heterocycles. The lowest BCUT2D eigenvalue weighted by molar-refractivity contribution is -0.930. The van der Waals surface area contributed by atoms with E-state index in [2.05, 4.69) is 48.7 Å². The fourth-order valence-electron chi connectivity index (χ4n) is 3.94. The summed E-state index contributed by atoms with van der Waals surface area (Å²) in [5.74, 6) is 0.777. The molecule has 2 atom stereocenters. The molecule has 30 heavy (non-hydrogen) atoms. The molecule has 1 aliphatic heterocycles. The SMILES string of the molecule is CC(C)c1ccc(CCNC(=O)C[NH+]2CCC[NH+](CC(=O)NC(C)(C)C)CC2)cc1. The standard InChI is InChI=1S/C24H40N4O2/c1-19(2)21-9-7-20(8-10-21)11-12-25-22(29)17-27-13-6-14-28(16-15-27)18-23(30)26-24(3,4)5/h7-10,19H,6,11-18H2,1-5H3,(H,25,29)(H,26,30)/p+2. The molecule has 2 amide bonds. The van der Waals surface area contributed by atoms with Crippen molar-refractivity contribution in [2.75, 3.05) is 45.8 Å². The van der Waals surface area contributed by atoms with Crippen molar-refractivity contribution in [3.63, 3.8) is 0 Å². The van der Waals surface area contributed by atoms with Crippen LogP contribution in [-0.4, -0.2) is 63.2 Å². The molecule has 1 aliphatic rings. The van der Waals surface area contributed by atoms with Crippen molar-refractivity contribution in [3.8, 4) is 0 Å². The molecule has 168 valence electrons. The highest BCUT2D eigenvalue weighted by Gasteiger charge is 2.25. The summed E-state index contributed by atoms with van der Waals surface area (Å²) in [6.07, 6.45) is 1.91. The minimum absolute atomic E-state index is 0.111. The van der Waals surface area contributed by atoms with Gasteiger partial charge < -0.3 is 20.4 Å². The molecular formula is C24H42N4O2+2. The Hall–Kier alpha value is -1.92. The molecule has 6 heteroatoms. The molecule has 2 unspecified atom stereocenters. The van der Waals surface area contributed by atoms with Gasteiger partial charge in [-0.2, -0.15) is 0 Å². The number of nitrogens with one attached hydrogen (secondary N) is 4. The van der Waals surface area contributed by atoms with Gasteiger partial charge >= 0.3 is 0 Å². The van der Waals surface area contributed by atoms with Crippen molar-refractivity contribution in [2.45, 2.75) is 58.9 Å². The van der Waals surface area contributed by atoms with Gasteiger partial charge in [0.1, 0.15) is 13.1 Å². The summed E-state index contributed by atoms with van der Waals surface area (Å²) in [6, 6.07) is 8.68. The molecule has 1 heterocycles. The van der Waals surface area contributed by atoms with E-state index in [9.17, 15) is 9.59 Å². The van der Waals surface area contributed by atoms with E-state index < -0.39 is 0 Å². The lowest BCUT2D eigenvalue weighted by Crippen LogP contribution is -3.18. The smallest absolute Gasteiger partial charge is 0.275 e. The average molecular weight is 419 g/mol. The van der Waals surface area contributed by atoms with Gasteiger partial charge in [0, 0.05) is 18.5 Å². The summed E-state index contributed by atoms with van der Waals surface area (Å²) < 4.78 is 0. The number of amides is 2. The van der Waals surface area contributed by atoms with E-state index in [-0.39, 0.29) is 17.4 Å². The average Bonchev–Trinajstić information content (AvgIpc) is 2.85. The Morgan fingerprint density at radius 1 is 0.933 bits per heavy atom. The molecule has 0 saturated carbocycles. The fraction of sp³-hybridized carbons (Fsp3) is 0.667. The molecule has 6 nitrogen and oxygen atoms in total. The van der Waals surface area contributed by atoms with Gasteiger partial charge in [-0.15, -0.1) is 0 Å². The number of quaternary nitrogens is 2. The van der Waals surface area contributed by atoms with Gasteiger partial charge in [-0.25, -0.2) is 0 Å².